The zero-order valence-electron chi connectivity index (χ0n) is 14.0. The van der Waals surface area contributed by atoms with Crippen LogP contribution in [0.25, 0.3) is 0 Å². The first kappa shape index (κ1) is 19.3. The summed E-state index contributed by atoms with van der Waals surface area (Å²) in [6, 6.07) is 3.38. The van der Waals surface area contributed by atoms with Gasteiger partial charge in [-0.3, -0.25) is 10.1 Å². The lowest BCUT2D eigenvalue weighted by Gasteiger charge is -2.10. The summed E-state index contributed by atoms with van der Waals surface area (Å²) in [6.45, 7) is 1.27. The minimum atomic E-state index is -3.78. The molecule has 2 aromatic rings. The molecule has 26 heavy (non-hydrogen) atoms. The van der Waals surface area contributed by atoms with Gasteiger partial charge in [0.15, 0.2) is 0 Å². The number of aromatic nitrogens is 2. The van der Waals surface area contributed by atoms with Gasteiger partial charge in [-0.2, -0.15) is 18.4 Å². The Bertz CT molecular complexity index is 951. The number of hydrogen-bond donors (Lipinski definition) is 1. The summed E-state index contributed by atoms with van der Waals surface area (Å²) in [4.78, 5) is 18.2. The lowest BCUT2D eigenvalue weighted by atomic mass is 10.2. The Morgan fingerprint density at radius 3 is 2.58 bits per heavy atom. The molecule has 10 nitrogen and oxygen atoms in total. The fourth-order valence-corrected chi connectivity index (χ4v) is 2.50. The van der Waals surface area contributed by atoms with Gasteiger partial charge in [0, 0.05) is 18.2 Å². The fourth-order valence-electron chi connectivity index (χ4n) is 2.05. The highest BCUT2D eigenvalue weighted by atomic mass is 32.2. The van der Waals surface area contributed by atoms with Crippen LogP contribution in [0.15, 0.2) is 18.2 Å². The van der Waals surface area contributed by atoms with E-state index in [1.54, 1.807) is 0 Å². The van der Waals surface area contributed by atoms with E-state index in [4.69, 9.17) is 4.74 Å². The number of anilines is 1. The molecule has 0 atom stereocenters. The minimum Gasteiger partial charge on any atom is -0.467 e. The van der Waals surface area contributed by atoms with E-state index >= 15 is 0 Å². The van der Waals surface area contributed by atoms with Gasteiger partial charge >= 0.3 is 21.8 Å². The molecule has 0 spiro atoms. The van der Waals surface area contributed by atoms with Crippen LogP contribution in [0.3, 0.4) is 0 Å². The molecule has 1 N–H and O–H groups in total. The Balaban J connectivity index is 2.26. The van der Waals surface area contributed by atoms with Gasteiger partial charge in [-0.25, -0.2) is 4.39 Å². The fraction of sp³-hybridized carbons (Fsp3) is 0.286. The van der Waals surface area contributed by atoms with Gasteiger partial charge < -0.3 is 14.2 Å². The Labute approximate surface area is 148 Å². The third-order valence-electron chi connectivity index (χ3n) is 3.12. The third kappa shape index (κ3) is 4.75. The summed E-state index contributed by atoms with van der Waals surface area (Å²) >= 11 is 0. The van der Waals surface area contributed by atoms with E-state index < -0.39 is 20.9 Å². The van der Waals surface area contributed by atoms with Crippen molar-refractivity contribution in [2.24, 2.45) is 0 Å². The van der Waals surface area contributed by atoms with Gasteiger partial charge in [0.05, 0.1) is 18.3 Å². The Morgan fingerprint density at radius 2 is 2.04 bits per heavy atom. The molecule has 0 saturated carbocycles. The van der Waals surface area contributed by atoms with Gasteiger partial charge in [0.25, 0.3) is 0 Å². The number of nitrogens with one attached hydrogen (secondary N) is 1. The molecule has 2 rings (SSSR count). The van der Waals surface area contributed by atoms with Crippen LogP contribution in [0.5, 0.6) is 11.8 Å². The molecule has 0 unspecified atom stereocenters. The first-order valence-corrected chi connectivity index (χ1v) is 8.91. The summed E-state index contributed by atoms with van der Waals surface area (Å²) in [6.07, 6.45) is 0.838. The molecule has 0 fully saturated rings. The first-order chi connectivity index (χ1) is 12.1. The van der Waals surface area contributed by atoms with E-state index in [1.807, 2.05) is 0 Å². The van der Waals surface area contributed by atoms with E-state index in [2.05, 4.69) is 19.5 Å². The molecule has 0 saturated heterocycles. The van der Waals surface area contributed by atoms with Crippen molar-refractivity contribution in [2.75, 3.05) is 18.7 Å². The van der Waals surface area contributed by atoms with Gasteiger partial charge in [-0.05, 0) is 13.0 Å². The van der Waals surface area contributed by atoms with Crippen molar-refractivity contribution in [3.05, 3.63) is 45.4 Å². The predicted molar refractivity (Wildman–Crippen MR) is 89.2 cm³/mol. The molecular weight excluding hydrogens is 371 g/mol. The van der Waals surface area contributed by atoms with E-state index in [9.17, 15) is 22.9 Å². The zero-order chi connectivity index (χ0) is 19.5. The second-order valence-electron chi connectivity index (χ2n) is 5.14. The molecule has 12 heteroatoms. The van der Waals surface area contributed by atoms with Gasteiger partial charge in [0.1, 0.15) is 17.3 Å². The van der Waals surface area contributed by atoms with E-state index in [0.717, 1.165) is 12.3 Å². The molecule has 1 aromatic carbocycles. The number of aryl methyl sites for hydroxylation is 1. The molecule has 0 aliphatic heterocycles. The SMILES string of the molecule is COc1nc(C)c([N+](=O)[O-])c(NCc2ccc(OS(C)(=O)=O)cc2F)n1. The average molecular weight is 386 g/mol. The van der Waals surface area contributed by atoms with Gasteiger partial charge in [0.2, 0.25) is 5.82 Å². The molecule has 1 aromatic heterocycles. The first-order valence-electron chi connectivity index (χ1n) is 7.09. The number of ether oxygens (including phenoxy) is 1. The summed E-state index contributed by atoms with van der Waals surface area (Å²) in [5.41, 5.74) is -0.152. The molecule has 0 aliphatic carbocycles. The third-order valence-corrected chi connectivity index (χ3v) is 3.62. The Morgan fingerprint density at radius 1 is 1.35 bits per heavy atom. The molecule has 0 bridgehead atoms. The maximum atomic E-state index is 14.1. The predicted octanol–water partition coefficient (Wildman–Crippen LogP) is 1.79. The standard InChI is InChI=1S/C14H15FN4O6S/c1-8-12(19(20)21)13(18-14(17-8)24-2)16-7-9-4-5-10(6-11(9)15)25-26(3,22)23/h4-6H,7H2,1-3H3,(H,16,17,18). The monoisotopic (exact) mass is 386 g/mol. The molecule has 1 heterocycles. The maximum absolute atomic E-state index is 14.1. The molecule has 0 radical (unpaired) electrons. The molecule has 0 amide bonds. The minimum absolute atomic E-state index is 0.0760. The number of hydrogen-bond acceptors (Lipinski definition) is 9. The normalized spacial score (nSPS) is 11.1. The van der Waals surface area contributed by atoms with Crippen LogP contribution < -0.4 is 14.2 Å². The highest BCUT2D eigenvalue weighted by molar-refractivity contribution is 7.86. The van der Waals surface area contributed by atoms with Gasteiger partial charge in [-0.1, -0.05) is 6.07 Å². The average Bonchev–Trinajstić information content (AvgIpc) is 2.51. The van der Waals surface area contributed by atoms with Crippen LogP contribution in [-0.2, 0) is 16.7 Å². The summed E-state index contributed by atoms with van der Waals surface area (Å²) < 4.78 is 45.7. The van der Waals surface area contributed by atoms with Crippen LogP contribution in [0.1, 0.15) is 11.3 Å². The molecule has 0 aliphatic rings. The highest BCUT2D eigenvalue weighted by Crippen LogP contribution is 2.28. The van der Waals surface area contributed by atoms with Crippen molar-refractivity contribution >= 4 is 21.6 Å². The van der Waals surface area contributed by atoms with Crippen LogP contribution >= 0.6 is 0 Å². The summed E-state index contributed by atoms with van der Waals surface area (Å²) in [5, 5.41) is 13.9. The zero-order valence-corrected chi connectivity index (χ0v) is 14.8. The van der Waals surface area contributed by atoms with Crippen molar-refractivity contribution in [1.29, 1.82) is 0 Å². The van der Waals surface area contributed by atoms with Crippen molar-refractivity contribution < 1.29 is 26.7 Å². The topological polar surface area (TPSA) is 134 Å². The lowest BCUT2D eigenvalue weighted by molar-refractivity contribution is -0.385. The number of methoxy groups -OCH3 is 1. The summed E-state index contributed by atoms with van der Waals surface area (Å²) in [5.74, 6) is -1.06. The van der Waals surface area contributed by atoms with Crippen LogP contribution in [0, 0.1) is 22.9 Å². The van der Waals surface area contributed by atoms with E-state index in [0.29, 0.717) is 0 Å². The number of halogens is 1. The van der Waals surface area contributed by atoms with Crippen LogP contribution in [-0.4, -0.2) is 36.7 Å². The van der Waals surface area contributed by atoms with Crippen molar-refractivity contribution in [3.8, 4) is 11.8 Å². The largest absolute Gasteiger partial charge is 0.467 e. The van der Waals surface area contributed by atoms with Gasteiger partial charge in [-0.15, -0.1) is 0 Å². The van der Waals surface area contributed by atoms with Crippen LogP contribution in [0.4, 0.5) is 15.9 Å². The van der Waals surface area contributed by atoms with Crippen molar-refractivity contribution in [3.63, 3.8) is 0 Å². The number of nitro groups is 1. The number of benzene rings is 1. The Hall–Kier alpha value is -3.02. The van der Waals surface area contributed by atoms with Crippen molar-refractivity contribution in [1.82, 2.24) is 9.97 Å². The highest BCUT2D eigenvalue weighted by Gasteiger charge is 2.22. The van der Waals surface area contributed by atoms with E-state index in [-0.39, 0.29) is 41.1 Å². The number of rotatable bonds is 7. The quantitative estimate of drug-likeness (QED) is 0.429. The summed E-state index contributed by atoms with van der Waals surface area (Å²) in [7, 11) is -2.47. The molecular formula is C14H15FN4O6S. The second kappa shape index (κ2) is 7.47. The Kier molecular flexibility index (Phi) is 5.55. The van der Waals surface area contributed by atoms with Crippen LogP contribution in [0.2, 0.25) is 0 Å². The molecule has 140 valence electrons. The maximum Gasteiger partial charge on any atom is 0.332 e. The van der Waals surface area contributed by atoms with E-state index in [1.165, 1.54) is 26.2 Å². The lowest BCUT2D eigenvalue weighted by Crippen LogP contribution is -2.10. The second-order valence-corrected chi connectivity index (χ2v) is 6.72. The number of nitrogens with zero attached hydrogens (tertiary/aromatic N) is 3. The smallest absolute Gasteiger partial charge is 0.332 e. The van der Waals surface area contributed by atoms with Crippen molar-refractivity contribution in [2.45, 2.75) is 13.5 Å².